The average molecular weight is 333 g/mol. The number of rotatable bonds is 6. The molecule has 1 amide bonds. The molecule has 1 aromatic carbocycles. The summed E-state index contributed by atoms with van der Waals surface area (Å²) in [6, 6.07) is 3.38. The van der Waals surface area contributed by atoms with Crippen LogP contribution in [0.4, 0.5) is 17.6 Å². The van der Waals surface area contributed by atoms with Crippen molar-refractivity contribution in [3.8, 4) is 11.5 Å². The van der Waals surface area contributed by atoms with Crippen molar-refractivity contribution in [3.63, 3.8) is 0 Å². The van der Waals surface area contributed by atoms with Gasteiger partial charge in [-0.2, -0.15) is 17.6 Å². The number of hydrogen-bond donors (Lipinski definition) is 0. The molecule has 1 aliphatic heterocycles. The zero-order valence-electron chi connectivity index (χ0n) is 12.1. The molecule has 0 saturated carbocycles. The maximum absolute atomic E-state index is 12.4. The third-order valence-electron chi connectivity index (χ3n) is 3.25. The fourth-order valence-corrected chi connectivity index (χ4v) is 2.23. The summed E-state index contributed by atoms with van der Waals surface area (Å²) in [5.74, 6) is -0.888. The highest BCUT2D eigenvalue weighted by Crippen LogP contribution is 2.28. The van der Waals surface area contributed by atoms with E-state index in [1.165, 1.54) is 24.3 Å². The van der Waals surface area contributed by atoms with Crippen molar-refractivity contribution >= 4 is 12.0 Å². The summed E-state index contributed by atoms with van der Waals surface area (Å²) in [7, 11) is 0. The van der Waals surface area contributed by atoms with Crippen molar-refractivity contribution in [2.45, 2.75) is 26.1 Å². The van der Waals surface area contributed by atoms with Gasteiger partial charge in [0.25, 0.3) is 0 Å². The van der Waals surface area contributed by atoms with Crippen LogP contribution in [0.2, 0.25) is 0 Å². The highest BCUT2D eigenvalue weighted by atomic mass is 19.3. The molecule has 4 nitrogen and oxygen atoms in total. The molecule has 0 bridgehead atoms. The highest BCUT2D eigenvalue weighted by molar-refractivity contribution is 5.92. The fraction of sp³-hybridized carbons (Fsp3) is 0.400. The highest BCUT2D eigenvalue weighted by Gasteiger charge is 2.16. The van der Waals surface area contributed by atoms with Crippen LogP contribution in [-0.2, 0) is 4.79 Å². The molecule has 1 saturated heterocycles. The Balaban J connectivity index is 2.16. The number of carbonyl (C=O) groups is 1. The van der Waals surface area contributed by atoms with E-state index < -0.39 is 13.2 Å². The Morgan fingerprint density at radius 2 is 1.74 bits per heavy atom. The summed E-state index contributed by atoms with van der Waals surface area (Å²) in [6.45, 7) is -4.89. The second-order valence-electron chi connectivity index (χ2n) is 4.82. The van der Waals surface area contributed by atoms with Crippen molar-refractivity contribution in [1.82, 2.24) is 4.90 Å². The molecule has 1 aromatic rings. The van der Waals surface area contributed by atoms with Crippen molar-refractivity contribution in [1.29, 1.82) is 0 Å². The van der Waals surface area contributed by atoms with Gasteiger partial charge < -0.3 is 14.4 Å². The number of carbonyl (C=O) groups excluding carboxylic acids is 1. The van der Waals surface area contributed by atoms with Crippen LogP contribution in [0.1, 0.15) is 18.4 Å². The largest absolute Gasteiger partial charge is 0.435 e. The van der Waals surface area contributed by atoms with Gasteiger partial charge in [0.05, 0.1) is 0 Å². The molecule has 23 heavy (non-hydrogen) atoms. The van der Waals surface area contributed by atoms with Crippen molar-refractivity contribution in [2.24, 2.45) is 0 Å². The molecule has 1 heterocycles. The van der Waals surface area contributed by atoms with Gasteiger partial charge >= 0.3 is 13.2 Å². The SMILES string of the molecule is O=C(/C=C/c1ccc(OC(F)F)cc1OC(F)F)N1CCCC1. The first-order chi connectivity index (χ1) is 11.0. The molecule has 0 unspecified atom stereocenters. The minimum Gasteiger partial charge on any atom is -0.435 e. The molecule has 2 rings (SSSR count). The predicted octanol–water partition coefficient (Wildman–Crippen LogP) is 3.53. The zero-order chi connectivity index (χ0) is 16.8. The number of likely N-dealkylation sites (tertiary alicyclic amines) is 1. The first kappa shape index (κ1) is 17.1. The van der Waals surface area contributed by atoms with E-state index in [1.807, 2.05) is 0 Å². The van der Waals surface area contributed by atoms with Gasteiger partial charge in [-0.25, -0.2) is 0 Å². The Kier molecular flexibility index (Phi) is 5.84. The Bertz CT molecular complexity index is 572. The van der Waals surface area contributed by atoms with Crippen LogP contribution in [0.3, 0.4) is 0 Å². The molecule has 0 spiro atoms. The van der Waals surface area contributed by atoms with E-state index in [0.717, 1.165) is 18.9 Å². The zero-order valence-corrected chi connectivity index (χ0v) is 12.1. The van der Waals surface area contributed by atoms with Crippen LogP contribution >= 0.6 is 0 Å². The van der Waals surface area contributed by atoms with E-state index in [-0.39, 0.29) is 23.0 Å². The standard InChI is InChI=1S/C15H15F4NO3/c16-14(17)22-11-5-3-10(12(9-11)23-15(18)19)4-6-13(21)20-7-1-2-8-20/h3-6,9,14-15H,1-2,7-8H2/b6-4+. The van der Waals surface area contributed by atoms with E-state index in [0.29, 0.717) is 13.1 Å². The molecule has 0 aromatic heterocycles. The van der Waals surface area contributed by atoms with Gasteiger partial charge in [-0.05, 0) is 31.1 Å². The maximum Gasteiger partial charge on any atom is 0.387 e. The number of nitrogens with zero attached hydrogens (tertiary/aromatic N) is 1. The van der Waals surface area contributed by atoms with Gasteiger partial charge in [-0.15, -0.1) is 0 Å². The second kappa shape index (κ2) is 7.85. The smallest absolute Gasteiger partial charge is 0.387 e. The molecule has 8 heteroatoms. The van der Waals surface area contributed by atoms with E-state index in [2.05, 4.69) is 9.47 Å². The summed E-state index contributed by atoms with van der Waals surface area (Å²) in [4.78, 5) is 13.5. The minimum absolute atomic E-state index is 0.166. The van der Waals surface area contributed by atoms with Gasteiger partial charge in [0.1, 0.15) is 11.5 Å². The molecule has 0 radical (unpaired) electrons. The first-order valence-corrected chi connectivity index (χ1v) is 6.96. The lowest BCUT2D eigenvalue weighted by Gasteiger charge is -2.13. The third kappa shape index (κ3) is 5.15. The van der Waals surface area contributed by atoms with Crippen molar-refractivity contribution in [2.75, 3.05) is 13.1 Å². The lowest BCUT2D eigenvalue weighted by atomic mass is 10.1. The van der Waals surface area contributed by atoms with E-state index in [4.69, 9.17) is 0 Å². The molecular formula is C15H15F4NO3. The van der Waals surface area contributed by atoms with Gasteiger partial charge in [-0.3, -0.25) is 4.79 Å². The molecule has 1 aliphatic rings. The van der Waals surface area contributed by atoms with Crippen molar-refractivity contribution in [3.05, 3.63) is 29.8 Å². The number of hydrogen-bond acceptors (Lipinski definition) is 3. The summed E-state index contributed by atoms with van der Waals surface area (Å²) in [5, 5.41) is 0. The number of ether oxygens (including phenoxy) is 2. The number of amides is 1. The summed E-state index contributed by atoms with van der Waals surface area (Å²) >= 11 is 0. The number of benzene rings is 1. The van der Waals surface area contributed by atoms with Gasteiger partial charge in [0.2, 0.25) is 5.91 Å². The Labute approximate surface area is 130 Å². The lowest BCUT2D eigenvalue weighted by Crippen LogP contribution is -2.25. The monoisotopic (exact) mass is 333 g/mol. The number of alkyl halides is 4. The average Bonchev–Trinajstić information content (AvgIpc) is 2.99. The molecule has 0 atom stereocenters. The second-order valence-corrected chi connectivity index (χ2v) is 4.82. The van der Waals surface area contributed by atoms with Gasteiger partial charge in [0, 0.05) is 30.8 Å². The summed E-state index contributed by atoms with van der Waals surface area (Å²) < 4.78 is 57.6. The fourth-order valence-electron chi connectivity index (χ4n) is 2.23. The molecule has 0 aliphatic carbocycles. The van der Waals surface area contributed by atoms with E-state index >= 15 is 0 Å². The van der Waals surface area contributed by atoms with Gasteiger partial charge in [-0.1, -0.05) is 0 Å². The van der Waals surface area contributed by atoms with Crippen LogP contribution < -0.4 is 9.47 Å². The van der Waals surface area contributed by atoms with Gasteiger partial charge in [0.15, 0.2) is 0 Å². The molecule has 0 N–H and O–H groups in total. The summed E-state index contributed by atoms with van der Waals surface area (Å²) in [5.41, 5.74) is 0.166. The normalized spacial score (nSPS) is 15.0. The quantitative estimate of drug-likeness (QED) is 0.591. The predicted molar refractivity (Wildman–Crippen MR) is 74.6 cm³/mol. The molecule has 126 valence electrons. The molecule has 1 fully saturated rings. The van der Waals surface area contributed by atoms with Crippen LogP contribution in [0, 0.1) is 0 Å². The van der Waals surface area contributed by atoms with Crippen molar-refractivity contribution < 1.29 is 31.8 Å². The van der Waals surface area contributed by atoms with Crippen LogP contribution in [0.15, 0.2) is 24.3 Å². The van der Waals surface area contributed by atoms with E-state index in [1.54, 1.807) is 4.90 Å². The Hall–Kier alpha value is -2.25. The summed E-state index contributed by atoms with van der Waals surface area (Å²) in [6.07, 6.45) is 4.41. The minimum atomic E-state index is -3.13. The maximum atomic E-state index is 12.4. The molecular weight excluding hydrogens is 318 g/mol. The van der Waals surface area contributed by atoms with Crippen LogP contribution in [0.5, 0.6) is 11.5 Å². The number of halogens is 4. The third-order valence-corrected chi connectivity index (χ3v) is 3.25. The van der Waals surface area contributed by atoms with Crippen LogP contribution in [0.25, 0.3) is 6.08 Å². The Morgan fingerprint density at radius 3 is 2.35 bits per heavy atom. The Morgan fingerprint density at radius 1 is 1.09 bits per heavy atom. The lowest BCUT2D eigenvalue weighted by molar-refractivity contribution is -0.124. The topological polar surface area (TPSA) is 38.8 Å². The van der Waals surface area contributed by atoms with Crippen LogP contribution in [-0.4, -0.2) is 37.1 Å². The first-order valence-electron chi connectivity index (χ1n) is 6.96. The van der Waals surface area contributed by atoms with E-state index in [9.17, 15) is 22.4 Å².